The van der Waals surface area contributed by atoms with Gasteiger partial charge in [-0.3, -0.25) is 4.79 Å². The predicted octanol–water partition coefficient (Wildman–Crippen LogP) is 6.39. The van der Waals surface area contributed by atoms with Gasteiger partial charge in [-0.1, -0.05) is 94.5 Å². The highest BCUT2D eigenvalue weighted by atomic mass is 35.5. The lowest BCUT2D eigenvalue weighted by Gasteiger charge is -2.03. The van der Waals surface area contributed by atoms with Crippen molar-refractivity contribution in [1.82, 2.24) is 5.32 Å². The first kappa shape index (κ1) is 20.8. The van der Waals surface area contributed by atoms with Crippen LogP contribution in [0.1, 0.15) is 76.7 Å². The van der Waals surface area contributed by atoms with E-state index >= 15 is 0 Å². The van der Waals surface area contributed by atoms with E-state index in [0.29, 0.717) is 5.02 Å². The molecule has 2 nitrogen and oxygen atoms in total. The molecule has 1 amide bonds. The van der Waals surface area contributed by atoms with Gasteiger partial charge in [0, 0.05) is 17.6 Å². The maximum absolute atomic E-state index is 11.7. The monoisotopic (exact) mass is 349 g/mol. The Kier molecular flexibility index (Phi) is 12.2. The average molecular weight is 350 g/mol. The molecule has 1 N–H and O–H groups in total. The molecule has 0 aliphatic carbocycles. The molecule has 1 rings (SSSR count). The Bertz CT molecular complexity index is 484. The highest BCUT2D eigenvalue weighted by Crippen LogP contribution is 2.16. The van der Waals surface area contributed by atoms with Crippen molar-refractivity contribution in [3.63, 3.8) is 0 Å². The van der Waals surface area contributed by atoms with Crippen molar-refractivity contribution in [2.45, 2.75) is 71.1 Å². The smallest absolute Gasteiger partial charge is 0.243 e. The lowest BCUT2D eigenvalue weighted by Crippen LogP contribution is -2.21. The van der Waals surface area contributed by atoms with Crippen LogP contribution < -0.4 is 5.32 Å². The van der Waals surface area contributed by atoms with Crippen LogP contribution in [-0.2, 0) is 4.79 Å². The maximum atomic E-state index is 11.7. The second kappa shape index (κ2) is 14.1. The first-order chi connectivity index (χ1) is 11.7. The van der Waals surface area contributed by atoms with E-state index in [0.717, 1.165) is 18.5 Å². The SMILES string of the molecule is CCCCCCCCCCCCNC(=O)/C=C/c1ccccc1Cl. The molecule has 0 aromatic heterocycles. The summed E-state index contributed by atoms with van der Waals surface area (Å²) in [6, 6.07) is 7.51. The molecule has 0 fully saturated rings. The highest BCUT2D eigenvalue weighted by Gasteiger charge is 1.98. The Balaban J connectivity index is 1.97. The molecule has 0 saturated carbocycles. The van der Waals surface area contributed by atoms with Gasteiger partial charge in [0.2, 0.25) is 5.91 Å². The van der Waals surface area contributed by atoms with Crippen LogP contribution in [0.3, 0.4) is 0 Å². The molecule has 0 bridgehead atoms. The quantitative estimate of drug-likeness (QED) is 0.324. The fourth-order valence-electron chi connectivity index (χ4n) is 2.66. The van der Waals surface area contributed by atoms with Crippen molar-refractivity contribution in [2.24, 2.45) is 0 Å². The molecule has 0 saturated heterocycles. The van der Waals surface area contributed by atoms with Crippen LogP contribution in [0, 0.1) is 0 Å². The minimum absolute atomic E-state index is 0.0501. The van der Waals surface area contributed by atoms with Gasteiger partial charge in [0.25, 0.3) is 0 Å². The van der Waals surface area contributed by atoms with Crippen molar-refractivity contribution in [3.05, 3.63) is 40.9 Å². The van der Waals surface area contributed by atoms with Crippen LogP contribution in [0.15, 0.2) is 30.3 Å². The van der Waals surface area contributed by atoms with Crippen LogP contribution in [0.5, 0.6) is 0 Å². The number of unbranched alkanes of at least 4 members (excludes halogenated alkanes) is 9. The largest absolute Gasteiger partial charge is 0.353 e. The van der Waals surface area contributed by atoms with E-state index in [9.17, 15) is 4.79 Å². The second-order valence-corrected chi connectivity index (χ2v) is 6.74. The van der Waals surface area contributed by atoms with E-state index in [1.165, 1.54) is 57.8 Å². The van der Waals surface area contributed by atoms with Crippen molar-refractivity contribution in [3.8, 4) is 0 Å². The summed E-state index contributed by atoms with van der Waals surface area (Å²) in [7, 11) is 0. The number of hydrogen-bond donors (Lipinski definition) is 1. The molecule has 24 heavy (non-hydrogen) atoms. The summed E-state index contributed by atoms with van der Waals surface area (Å²) in [5, 5.41) is 3.59. The van der Waals surface area contributed by atoms with Crippen molar-refractivity contribution in [1.29, 1.82) is 0 Å². The van der Waals surface area contributed by atoms with Gasteiger partial charge in [0.1, 0.15) is 0 Å². The number of hydrogen-bond acceptors (Lipinski definition) is 1. The first-order valence-electron chi connectivity index (χ1n) is 9.44. The molecule has 0 atom stereocenters. The standard InChI is InChI=1S/C21H32ClNO/c1-2-3-4-5-6-7-8-9-10-13-18-23-21(24)17-16-19-14-11-12-15-20(19)22/h11-12,14-17H,2-10,13,18H2,1H3,(H,23,24)/b17-16+. The van der Waals surface area contributed by atoms with Crippen LogP contribution in [0.2, 0.25) is 5.02 Å². The van der Waals surface area contributed by atoms with E-state index in [-0.39, 0.29) is 5.91 Å². The number of benzene rings is 1. The minimum Gasteiger partial charge on any atom is -0.353 e. The van der Waals surface area contributed by atoms with Gasteiger partial charge in [-0.05, 0) is 24.1 Å². The number of amides is 1. The van der Waals surface area contributed by atoms with Crippen LogP contribution >= 0.6 is 11.6 Å². The van der Waals surface area contributed by atoms with E-state index in [4.69, 9.17) is 11.6 Å². The molecule has 1 aromatic rings. The molecule has 0 unspecified atom stereocenters. The molecule has 134 valence electrons. The van der Waals surface area contributed by atoms with E-state index in [1.54, 1.807) is 12.2 Å². The molecule has 0 heterocycles. The Labute approximate surface area is 152 Å². The number of nitrogens with one attached hydrogen (secondary N) is 1. The summed E-state index contributed by atoms with van der Waals surface area (Å²) in [5.41, 5.74) is 0.869. The third kappa shape index (κ3) is 10.5. The molecular formula is C21H32ClNO. The zero-order chi connectivity index (χ0) is 17.5. The average Bonchev–Trinajstić information content (AvgIpc) is 2.59. The van der Waals surface area contributed by atoms with Gasteiger partial charge in [-0.15, -0.1) is 0 Å². The van der Waals surface area contributed by atoms with Crippen molar-refractivity contribution in [2.75, 3.05) is 6.54 Å². The first-order valence-corrected chi connectivity index (χ1v) is 9.82. The van der Waals surface area contributed by atoms with Crippen LogP contribution in [0.25, 0.3) is 6.08 Å². The molecule has 1 aromatic carbocycles. The third-order valence-electron chi connectivity index (χ3n) is 4.15. The van der Waals surface area contributed by atoms with E-state index in [2.05, 4.69) is 12.2 Å². The summed E-state index contributed by atoms with van der Waals surface area (Å²) in [6.45, 7) is 3.01. The van der Waals surface area contributed by atoms with Crippen LogP contribution in [0.4, 0.5) is 0 Å². The van der Waals surface area contributed by atoms with Crippen molar-refractivity contribution < 1.29 is 4.79 Å². The number of carbonyl (C=O) groups is 1. The number of halogens is 1. The summed E-state index contributed by atoms with van der Waals surface area (Å²) >= 11 is 6.05. The number of rotatable bonds is 13. The minimum atomic E-state index is -0.0501. The lowest BCUT2D eigenvalue weighted by molar-refractivity contribution is -0.116. The summed E-state index contributed by atoms with van der Waals surface area (Å²) in [4.78, 5) is 11.7. The zero-order valence-electron chi connectivity index (χ0n) is 15.0. The number of carbonyl (C=O) groups excluding carboxylic acids is 1. The van der Waals surface area contributed by atoms with Gasteiger partial charge >= 0.3 is 0 Å². The molecule has 0 aliphatic rings. The molecule has 0 aliphatic heterocycles. The fraction of sp³-hybridized carbons (Fsp3) is 0.571. The molecule has 0 spiro atoms. The van der Waals surface area contributed by atoms with Gasteiger partial charge in [-0.2, -0.15) is 0 Å². The fourth-order valence-corrected chi connectivity index (χ4v) is 2.86. The lowest BCUT2D eigenvalue weighted by atomic mass is 10.1. The normalized spacial score (nSPS) is 11.1. The Morgan fingerprint density at radius 2 is 1.54 bits per heavy atom. The van der Waals surface area contributed by atoms with Gasteiger partial charge < -0.3 is 5.32 Å². The topological polar surface area (TPSA) is 29.1 Å². The molecule has 0 radical (unpaired) electrons. The maximum Gasteiger partial charge on any atom is 0.243 e. The van der Waals surface area contributed by atoms with Gasteiger partial charge in [0.05, 0.1) is 0 Å². The Morgan fingerprint density at radius 3 is 2.17 bits per heavy atom. The van der Waals surface area contributed by atoms with Gasteiger partial charge in [-0.25, -0.2) is 0 Å². The van der Waals surface area contributed by atoms with Crippen LogP contribution in [-0.4, -0.2) is 12.5 Å². The Hall–Kier alpha value is -1.28. The van der Waals surface area contributed by atoms with E-state index in [1.807, 2.05) is 24.3 Å². The summed E-state index contributed by atoms with van der Waals surface area (Å²) in [5.74, 6) is -0.0501. The van der Waals surface area contributed by atoms with Crippen molar-refractivity contribution >= 4 is 23.6 Å². The predicted molar refractivity (Wildman–Crippen MR) is 105 cm³/mol. The second-order valence-electron chi connectivity index (χ2n) is 6.33. The zero-order valence-corrected chi connectivity index (χ0v) is 15.8. The summed E-state index contributed by atoms with van der Waals surface area (Å²) in [6.07, 6.45) is 16.4. The molecular weight excluding hydrogens is 318 g/mol. The van der Waals surface area contributed by atoms with E-state index < -0.39 is 0 Å². The highest BCUT2D eigenvalue weighted by molar-refractivity contribution is 6.32. The summed E-state index contributed by atoms with van der Waals surface area (Å²) < 4.78 is 0. The Morgan fingerprint density at radius 1 is 0.958 bits per heavy atom. The third-order valence-corrected chi connectivity index (χ3v) is 4.49. The van der Waals surface area contributed by atoms with Gasteiger partial charge in [0.15, 0.2) is 0 Å². The molecule has 3 heteroatoms.